The molecule has 186 valence electrons. The Labute approximate surface area is 204 Å². The topological polar surface area (TPSA) is 117 Å². The highest BCUT2D eigenvalue weighted by Gasteiger charge is 2.32. The summed E-state index contributed by atoms with van der Waals surface area (Å²) < 4.78 is 11.0. The highest BCUT2D eigenvalue weighted by atomic mass is 16.5. The van der Waals surface area contributed by atoms with Gasteiger partial charge in [0.15, 0.2) is 6.10 Å². The number of ether oxygens (including phenoxy) is 2. The zero-order chi connectivity index (χ0) is 24.9. The molecule has 0 bridgehead atoms. The molecule has 0 radical (unpaired) electrons. The van der Waals surface area contributed by atoms with Crippen molar-refractivity contribution in [3.8, 4) is 11.1 Å². The number of hydrogen-bond acceptors (Lipinski definition) is 6. The summed E-state index contributed by atoms with van der Waals surface area (Å²) in [6.45, 7) is 0.612. The van der Waals surface area contributed by atoms with Gasteiger partial charge in [-0.2, -0.15) is 0 Å². The third-order valence-electron chi connectivity index (χ3n) is 6.39. The molecule has 2 aromatic rings. The zero-order valence-electron chi connectivity index (χ0n) is 19.9. The summed E-state index contributed by atoms with van der Waals surface area (Å²) in [4.78, 5) is 38.3. The maximum Gasteiger partial charge on any atom is 0.407 e. The third kappa shape index (κ3) is 5.80. The Morgan fingerprint density at radius 3 is 2.26 bits per heavy atom. The molecule has 1 aliphatic heterocycles. The van der Waals surface area contributed by atoms with Crippen LogP contribution in [0.3, 0.4) is 0 Å². The Bertz CT molecular complexity index is 1040. The van der Waals surface area contributed by atoms with Crippen LogP contribution < -0.4 is 10.6 Å². The quantitative estimate of drug-likeness (QED) is 0.503. The van der Waals surface area contributed by atoms with Crippen molar-refractivity contribution in [2.75, 3.05) is 33.8 Å². The number of nitrogens with zero attached hydrogens (tertiary/aromatic N) is 1. The summed E-state index contributed by atoms with van der Waals surface area (Å²) in [6, 6.07) is 15.3. The molecule has 0 spiro atoms. The second-order valence-electron chi connectivity index (χ2n) is 9.19. The van der Waals surface area contributed by atoms with Gasteiger partial charge in [-0.3, -0.25) is 4.79 Å². The van der Waals surface area contributed by atoms with Crippen LogP contribution in [-0.4, -0.2) is 80.0 Å². The number of alkyl carbamates (subject to hydrolysis) is 1. The molecule has 2 aliphatic rings. The summed E-state index contributed by atoms with van der Waals surface area (Å²) in [5.41, 5.74) is 4.50. The van der Waals surface area contributed by atoms with Crippen molar-refractivity contribution in [3.05, 3.63) is 59.7 Å². The number of carboxylic acid groups (broad SMARTS) is 1. The molecule has 0 saturated carbocycles. The molecular formula is C26H31N3O6. The SMILES string of the molecule is CN(C)C[C@H](NC(=O)OCC1c2ccccc2-c2ccccc21)C(=O)NCC1CCC(C(=O)O)O1. The fraction of sp³-hybridized carbons (Fsp3) is 0.423. The molecule has 3 N–H and O–H groups in total. The minimum atomic E-state index is -0.999. The van der Waals surface area contributed by atoms with E-state index >= 15 is 0 Å². The maximum absolute atomic E-state index is 12.8. The summed E-state index contributed by atoms with van der Waals surface area (Å²) in [6.07, 6.45) is -0.912. The van der Waals surface area contributed by atoms with Gasteiger partial charge in [0.25, 0.3) is 0 Å². The zero-order valence-corrected chi connectivity index (χ0v) is 19.9. The Hall–Kier alpha value is -3.43. The van der Waals surface area contributed by atoms with E-state index < -0.39 is 24.2 Å². The number of rotatable bonds is 9. The van der Waals surface area contributed by atoms with Gasteiger partial charge in [-0.15, -0.1) is 0 Å². The number of carbonyl (C=O) groups is 3. The molecule has 2 amide bonds. The Balaban J connectivity index is 1.33. The number of benzene rings is 2. The van der Waals surface area contributed by atoms with Crippen molar-refractivity contribution in [3.63, 3.8) is 0 Å². The largest absolute Gasteiger partial charge is 0.479 e. The fourth-order valence-corrected chi connectivity index (χ4v) is 4.72. The molecular weight excluding hydrogens is 450 g/mol. The summed E-state index contributed by atoms with van der Waals surface area (Å²) in [5.74, 6) is -1.45. The van der Waals surface area contributed by atoms with Crippen LogP contribution in [0.2, 0.25) is 0 Å². The predicted molar refractivity (Wildman–Crippen MR) is 129 cm³/mol. The summed E-state index contributed by atoms with van der Waals surface area (Å²) in [7, 11) is 3.61. The smallest absolute Gasteiger partial charge is 0.407 e. The Kier molecular flexibility index (Phi) is 7.67. The molecule has 0 aromatic heterocycles. The first-order valence-corrected chi connectivity index (χ1v) is 11.8. The number of amides is 2. The van der Waals surface area contributed by atoms with Gasteiger partial charge in [0.05, 0.1) is 6.10 Å². The average Bonchev–Trinajstić information content (AvgIpc) is 3.44. The van der Waals surface area contributed by atoms with Gasteiger partial charge < -0.3 is 30.1 Å². The first-order chi connectivity index (χ1) is 16.8. The van der Waals surface area contributed by atoms with Crippen LogP contribution in [0, 0.1) is 0 Å². The fourth-order valence-electron chi connectivity index (χ4n) is 4.72. The number of likely N-dealkylation sites (N-methyl/N-ethyl adjacent to an activating group) is 1. The van der Waals surface area contributed by atoms with Crippen molar-refractivity contribution in [2.45, 2.75) is 37.0 Å². The molecule has 2 unspecified atom stereocenters. The van der Waals surface area contributed by atoms with Gasteiger partial charge in [0, 0.05) is 19.0 Å². The van der Waals surface area contributed by atoms with E-state index in [0.29, 0.717) is 12.8 Å². The van der Waals surface area contributed by atoms with E-state index in [9.17, 15) is 14.4 Å². The van der Waals surface area contributed by atoms with Crippen molar-refractivity contribution in [1.82, 2.24) is 15.5 Å². The molecule has 9 heteroatoms. The lowest BCUT2D eigenvalue weighted by Crippen LogP contribution is -2.52. The van der Waals surface area contributed by atoms with Crippen molar-refractivity contribution in [1.29, 1.82) is 0 Å². The lowest BCUT2D eigenvalue weighted by Gasteiger charge is -2.23. The monoisotopic (exact) mass is 481 g/mol. The average molecular weight is 482 g/mol. The molecule has 9 nitrogen and oxygen atoms in total. The second kappa shape index (κ2) is 10.9. The molecule has 3 atom stereocenters. The molecule has 1 saturated heterocycles. The van der Waals surface area contributed by atoms with Crippen LogP contribution in [0.25, 0.3) is 11.1 Å². The molecule has 1 heterocycles. The van der Waals surface area contributed by atoms with Gasteiger partial charge in [0.1, 0.15) is 12.6 Å². The molecule has 35 heavy (non-hydrogen) atoms. The number of carbonyl (C=O) groups excluding carboxylic acids is 2. The number of carboxylic acids is 1. The number of aliphatic carboxylic acids is 1. The van der Waals surface area contributed by atoms with Gasteiger partial charge in [-0.25, -0.2) is 9.59 Å². The first kappa shape index (κ1) is 24.7. The van der Waals surface area contributed by atoms with Crippen molar-refractivity contribution in [2.24, 2.45) is 0 Å². The van der Waals surface area contributed by atoms with Crippen molar-refractivity contribution < 1.29 is 29.0 Å². The van der Waals surface area contributed by atoms with Crippen LogP contribution in [0.4, 0.5) is 4.79 Å². The minimum Gasteiger partial charge on any atom is -0.479 e. The normalized spacial score (nSPS) is 19.6. The maximum atomic E-state index is 12.8. The van der Waals surface area contributed by atoms with E-state index in [0.717, 1.165) is 22.3 Å². The predicted octanol–water partition coefficient (Wildman–Crippen LogP) is 2.20. The summed E-state index contributed by atoms with van der Waals surface area (Å²) >= 11 is 0. The molecule has 1 aliphatic carbocycles. The van der Waals surface area contributed by atoms with Gasteiger partial charge >= 0.3 is 12.1 Å². The molecule has 4 rings (SSSR count). The van der Waals surface area contributed by atoms with E-state index in [-0.39, 0.29) is 37.6 Å². The highest BCUT2D eigenvalue weighted by molar-refractivity contribution is 5.86. The Morgan fingerprint density at radius 1 is 1.06 bits per heavy atom. The number of nitrogens with one attached hydrogen (secondary N) is 2. The third-order valence-corrected chi connectivity index (χ3v) is 6.39. The highest BCUT2D eigenvalue weighted by Crippen LogP contribution is 2.44. The first-order valence-electron chi connectivity index (χ1n) is 11.8. The standard InChI is InChI=1S/C26H31N3O6/c1-29(2)14-22(24(30)27-13-16-11-12-23(35-16)25(31)32)28-26(33)34-15-21-19-9-5-3-7-17(19)18-8-4-6-10-20(18)21/h3-10,16,21-23H,11-15H2,1-2H3,(H,27,30)(H,28,33)(H,31,32)/t16?,22-,23?/m0/s1. The van der Waals surface area contributed by atoms with Crippen LogP contribution in [0.15, 0.2) is 48.5 Å². The minimum absolute atomic E-state index is 0.0732. The van der Waals surface area contributed by atoms with E-state index in [1.54, 1.807) is 19.0 Å². The van der Waals surface area contributed by atoms with Gasteiger partial charge in [0.2, 0.25) is 5.91 Å². The van der Waals surface area contributed by atoms with E-state index in [1.165, 1.54) is 0 Å². The molecule has 1 fully saturated rings. The van der Waals surface area contributed by atoms with Gasteiger partial charge in [-0.05, 0) is 49.2 Å². The number of hydrogen-bond donors (Lipinski definition) is 3. The second-order valence-corrected chi connectivity index (χ2v) is 9.19. The summed E-state index contributed by atoms with van der Waals surface area (Å²) in [5, 5.41) is 14.5. The Morgan fingerprint density at radius 2 is 1.69 bits per heavy atom. The van der Waals surface area contributed by atoms with Crippen LogP contribution >= 0.6 is 0 Å². The van der Waals surface area contributed by atoms with E-state index in [4.69, 9.17) is 14.6 Å². The van der Waals surface area contributed by atoms with E-state index in [2.05, 4.69) is 22.8 Å². The van der Waals surface area contributed by atoms with Crippen LogP contribution in [0.5, 0.6) is 0 Å². The van der Waals surface area contributed by atoms with Crippen LogP contribution in [-0.2, 0) is 19.1 Å². The van der Waals surface area contributed by atoms with Crippen LogP contribution in [0.1, 0.15) is 29.9 Å². The van der Waals surface area contributed by atoms with E-state index in [1.807, 2.05) is 36.4 Å². The lowest BCUT2D eigenvalue weighted by atomic mass is 9.98. The number of fused-ring (bicyclic) bond motifs is 3. The van der Waals surface area contributed by atoms with Gasteiger partial charge in [-0.1, -0.05) is 48.5 Å². The molecule has 2 aromatic carbocycles. The lowest BCUT2D eigenvalue weighted by molar-refractivity contribution is -0.149. The van der Waals surface area contributed by atoms with Crippen molar-refractivity contribution >= 4 is 18.0 Å².